The van der Waals surface area contributed by atoms with Gasteiger partial charge in [-0.3, -0.25) is 5.32 Å². The number of aliphatic imine (C=N–C) groups is 1. The van der Waals surface area contributed by atoms with E-state index >= 15 is 0 Å². The number of nitriles is 1. The summed E-state index contributed by atoms with van der Waals surface area (Å²) in [5, 5.41) is 11.9. The maximum atomic E-state index is 8.74. The van der Waals surface area contributed by atoms with Crippen LogP contribution in [0.4, 0.5) is 5.69 Å². The molecule has 0 amide bonds. The van der Waals surface area contributed by atoms with Gasteiger partial charge in [-0.25, -0.2) is 4.99 Å². The normalized spacial score (nSPS) is 11.0. The maximum Gasteiger partial charge on any atom is 0.183 e. The van der Waals surface area contributed by atoms with Crippen molar-refractivity contribution < 1.29 is 0 Å². The van der Waals surface area contributed by atoms with Crippen LogP contribution in [-0.4, -0.2) is 11.4 Å². The molecule has 4 heteroatoms. The van der Waals surface area contributed by atoms with Gasteiger partial charge >= 0.3 is 0 Å². The molecule has 0 saturated carbocycles. The van der Waals surface area contributed by atoms with Crippen LogP contribution in [0.25, 0.3) is 11.1 Å². The van der Waals surface area contributed by atoms with Gasteiger partial charge in [-0.05, 0) is 42.9 Å². The number of hydrogen-bond acceptors (Lipinski definition) is 3. The molecular formula is C17H17N3S. The smallest absolute Gasteiger partial charge is 0.183 e. The van der Waals surface area contributed by atoms with E-state index in [0.717, 1.165) is 16.8 Å². The van der Waals surface area contributed by atoms with Gasteiger partial charge in [-0.2, -0.15) is 5.26 Å². The molecule has 21 heavy (non-hydrogen) atoms. The lowest BCUT2D eigenvalue weighted by Crippen LogP contribution is -2.12. The number of para-hydroxylation sites is 1. The number of aryl methyl sites for hydroxylation is 2. The minimum Gasteiger partial charge on any atom is -0.271 e. The quantitative estimate of drug-likeness (QED) is 0.387. The monoisotopic (exact) mass is 295 g/mol. The zero-order valence-electron chi connectivity index (χ0n) is 12.3. The number of rotatable bonds is 2. The fourth-order valence-corrected chi connectivity index (χ4v) is 2.34. The van der Waals surface area contributed by atoms with Crippen molar-refractivity contribution in [2.45, 2.75) is 13.8 Å². The number of amidine groups is 1. The van der Waals surface area contributed by atoms with Crippen molar-refractivity contribution in [3.05, 3.63) is 53.6 Å². The van der Waals surface area contributed by atoms with Gasteiger partial charge in [0.05, 0.1) is 5.69 Å². The minimum absolute atomic E-state index is 0.591. The average Bonchev–Trinajstić information content (AvgIpc) is 2.50. The molecule has 1 N–H and O–H groups in total. The van der Waals surface area contributed by atoms with Gasteiger partial charge in [0, 0.05) is 5.56 Å². The molecule has 0 aromatic heterocycles. The summed E-state index contributed by atoms with van der Waals surface area (Å²) in [6, 6.07) is 14.3. The highest BCUT2D eigenvalue weighted by Gasteiger charge is 2.06. The Morgan fingerprint density at radius 2 is 1.90 bits per heavy atom. The zero-order valence-corrected chi connectivity index (χ0v) is 13.2. The number of nitrogens with zero attached hydrogens (tertiary/aromatic N) is 2. The van der Waals surface area contributed by atoms with Crippen LogP contribution in [0.15, 0.2) is 47.5 Å². The van der Waals surface area contributed by atoms with E-state index in [0.29, 0.717) is 5.17 Å². The van der Waals surface area contributed by atoms with Crippen molar-refractivity contribution >= 4 is 22.6 Å². The van der Waals surface area contributed by atoms with Crippen molar-refractivity contribution in [2.24, 2.45) is 4.99 Å². The molecule has 0 radical (unpaired) electrons. The third kappa shape index (κ3) is 3.65. The largest absolute Gasteiger partial charge is 0.271 e. The summed E-state index contributed by atoms with van der Waals surface area (Å²) in [6.45, 7) is 4.21. The number of hydrogen-bond donors (Lipinski definition) is 1. The first-order valence-electron chi connectivity index (χ1n) is 6.60. The van der Waals surface area contributed by atoms with Crippen molar-refractivity contribution in [3.8, 4) is 17.3 Å². The van der Waals surface area contributed by atoms with Gasteiger partial charge in [0.25, 0.3) is 0 Å². The first-order valence-corrected chi connectivity index (χ1v) is 7.82. The lowest BCUT2D eigenvalue weighted by molar-refractivity contribution is 1.28. The molecule has 2 aromatic carbocycles. The molecule has 0 aliphatic heterocycles. The Labute approximate surface area is 129 Å². The second-order valence-corrected chi connectivity index (χ2v) is 5.47. The predicted molar refractivity (Wildman–Crippen MR) is 90.7 cm³/mol. The van der Waals surface area contributed by atoms with Crippen LogP contribution in [-0.2, 0) is 0 Å². The molecule has 0 unspecified atom stereocenters. The van der Waals surface area contributed by atoms with Crippen molar-refractivity contribution in [1.82, 2.24) is 5.32 Å². The van der Waals surface area contributed by atoms with Gasteiger partial charge in [-0.1, -0.05) is 48.2 Å². The lowest BCUT2D eigenvalue weighted by Gasteiger charge is -2.09. The summed E-state index contributed by atoms with van der Waals surface area (Å²) in [5.41, 5.74) is 5.58. The van der Waals surface area contributed by atoms with E-state index in [2.05, 4.69) is 42.4 Å². The molecule has 0 fully saturated rings. The van der Waals surface area contributed by atoms with Gasteiger partial charge in [0.2, 0.25) is 0 Å². The first kappa shape index (κ1) is 15.1. The second kappa shape index (κ2) is 6.96. The minimum atomic E-state index is 0.591. The third-order valence-corrected chi connectivity index (χ3v) is 3.88. The lowest BCUT2D eigenvalue weighted by atomic mass is 9.99. The van der Waals surface area contributed by atoms with Crippen molar-refractivity contribution in [3.63, 3.8) is 0 Å². The third-order valence-electron chi connectivity index (χ3n) is 3.30. The molecular weight excluding hydrogens is 278 g/mol. The van der Waals surface area contributed by atoms with Gasteiger partial charge in [0.1, 0.15) is 0 Å². The topological polar surface area (TPSA) is 48.2 Å². The molecule has 0 atom stereocenters. The Kier molecular flexibility index (Phi) is 5.02. The summed E-state index contributed by atoms with van der Waals surface area (Å²) in [4.78, 5) is 4.54. The number of benzene rings is 2. The molecule has 0 aliphatic carbocycles. The maximum absolute atomic E-state index is 8.74. The molecule has 2 aromatic rings. The summed E-state index contributed by atoms with van der Waals surface area (Å²) in [6.07, 6.45) is 3.80. The van der Waals surface area contributed by atoms with E-state index in [1.165, 1.54) is 22.9 Å². The SMILES string of the molecule is CSC(=Nc1ccccc1-c1ccc(C)c(C)c1)NC#N. The van der Waals surface area contributed by atoms with E-state index in [4.69, 9.17) is 5.26 Å². The molecule has 0 bridgehead atoms. The molecule has 0 aliphatic rings. The summed E-state index contributed by atoms with van der Waals surface area (Å²) < 4.78 is 0. The first-order chi connectivity index (χ1) is 10.2. The van der Waals surface area contributed by atoms with E-state index in [1.807, 2.05) is 36.7 Å². The Morgan fingerprint density at radius 3 is 2.57 bits per heavy atom. The predicted octanol–water partition coefficient (Wildman–Crippen LogP) is 4.39. The molecule has 3 nitrogen and oxygen atoms in total. The highest BCUT2D eigenvalue weighted by Crippen LogP contribution is 2.31. The molecule has 2 rings (SSSR count). The van der Waals surface area contributed by atoms with Crippen LogP contribution >= 0.6 is 11.8 Å². The van der Waals surface area contributed by atoms with E-state index in [1.54, 1.807) is 0 Å². The zero-order chi connectivity index (χ0) is 15.2. The van der Waals surface area contributed by atoms with Gasteiger partial charge < -0.3 is 0 Å². The summed E-state index contributed by atoms with van der Waals surface area (Å²) in [7, 11) is 0. The highest BCUT2D eigenvalue weighted by atomic mass is 32.2. The summed E-state index contributed by atoms with van der Waals surface area (Å²) >= 11 is 1.42. The summed E-state index contributed by atoms with van der Waals surface area (Å²) in [5.74, 6) is 0. The van der Waals surface area contributed by atoms with Crippen molar-refractivity contribution in [2.75, 3.05) is 6.26 Å². The van der Waals surface area contributed by atoms with Crippen LogP contribution < -0.4 is 5.32 Å². The van der Waals surface area contributed by atoms with Crippen LogP contribution in [0.3, 0.4) is 0 Å². The van der Waals surface area contributed by atoms with Crippen LogP contribution in [0.2, 0.25) is 0 Å². The fourth-order valence-electron chi connectivity index (χ4n) is 2.01. The highest BCUT2D eigenvalue weighted by molar-refractivity contribution is 8.13. The standard InChI is InChI=1S/C17H17N3S/c1-12-8-9-14(10-13(12)2)15-6-4-5-7-16(15)20-17(21-3)19-11-18/h4-10H,1-3H3,(H,19,20). The van der Waals surface area contributed by atoms with Gasteiger partial charge in [0.15, 0.2) is 11.4 Å². The Bertz CT molecular complexity index is 714. The van der Waals surface area contributed by atoms with Gasteiger partial charge in [-0.15, -0.1) is 0 Å². The van der Waals surface area contributed by atoms with E-state index in [9.17, 15) is 0 Å². The molecule has 0 heterocycles. The van der Waals surface area contributed by atoms with Crippen LogP contribution in [0.1, 0.15) is 11.1 Å². The molecule has 106 valence electrons. The number of thioether (sulfide) groups is 1. The molecule has 0 spiro atoms. The van der Waals surface area contributed by atoms with Crippen LogP contribution in [0, 0.1) is 25.3 Å². The van der Waals surface area contributed by atoms with E-state index in [-0.39, 0.29) is 0 Å². The second-order valence-electron chi connectivity index (χ2n) is 4.67. The van der Waals surface area contributed by atoms with Crippen LogP contribution in [0.5, 0.6) is 0 Å². The Balaban J connectivity index is 2.50. The molecule has 0 saturated heterocycles. The number of nitrogens with one attached hydrogen (secondary N) is 1. The fraction of sp³-hybridized carbons (Fsp3) is 0.176. The van der Waals surface area contributed by atoms with E-state index < -0.39 is 0 Å². The Hall–Kier alpha value is -2.25. The Morgan fingerprint density at radius 1 is 1.14 bits per heavy atom. The van der Waals surface area contributed by atoms with Crippen molar-refractivity contribution in [1.29, 1.82) is 5.26 Å². The average molecular weight is 295 g/mol.